The molecule has 2 aromatic rings. The summed E-state index contributed by atoms with van der Waals surface area (Å²) in [5, 5.41) is 12.1. The maximum Gasteiger partial charge on any atom is 0.127 e. The number of ether oxygens (including phenoxy) is 3. The Morgan fingerprint density at radius 1 is 1.14 bits per heavy atom. The van der Waals surface area contributed by atoms with Crippen molar-refractivity contribution in [3.63, 3.8) is 0 Å². The average Bonchev–Trinajstić information content (AvgIpc) is 3.22. The standard InChI is InChI=1S/C21H29N5O3/c1-27-11-12-29-16-5-6-18-17(13-16)21(25-24-18)19-14-20(23-15-22-19)26-7-3-2-4-9-28-10-8-26/h5-6,13-14,22H,2-4,7-12,15H2,1H3,(H,24,25). The summed E-state index contributed by atoms with van der Waals surface area (Å²) >= 11 is 0. The molecule has 2 aliphatic rings. The first kappa shape index (κ1) is 19.7. The SMILES string of the molecule is COCCOc1ccc2[nH]nc(C3=CC(N4CCCCCOCC4)=NCN3)c2c1. The Labute approximate surface area is 170 Å². The highest BCUT2D eigenvalue weighted by Gasteiger charge is 2.18. The summed E-state index contributed by atoms with van der Waals surface area (Å²) in [4.78, 5) is 7.01. The van der Waals surface area contributed by atoms with E-state index in [1.54, 1.807) is 7.11 Å². The van der Waals surface area contributed by atoms with Gasteiger partial charge in [0.25, 0.3) is 0 Å². The number of nitrogens with one attached hydrogen (secondary N) is 2. The van der Waals surface area contributed by atoms with Crippen LogP contribution in [0.2, 0.25) is 0 Å². The zero-order chi connectivity index (χ0) is 19.9. The fraction of sp³-hybridized carbons (Fsp3) is 0.524. The molecule has 8 nitrogen and oxygen atoms in total. The van der Waals surface area contributed by atoms with Crippen LogP contribution in [-0.4, -0.2) is 74.2 Å². The average molecular weight is 399 g/mol. The van der Waals surface area contributed by atoms with Crippen molar-refractivity contribution < 1.29 is 14.2 Å². The van der Waals surface area contributed by atoms with E-state index in [2.05, 4.69) is 31.5 Å². The summed E-state index contributed by atoms with van der Waals surface area (Å²) in [6.45, 7) is 5.08. The fourth-order valence-electron chi connectivity index (χ4n) is 3.61. The van der Waals surface area contributed by atoms with Gasteiger partial charge in [0.15, 0.2) is 0 Å². The van der Waals surface area contributed by atoms with Crippen molar-refractivity contribution in [1.29, 1.82) is 0 Å². The van der Waals surface area contributed by atoms with Crippen LogP contribution < -0.4 is 10.1 Å². The maximum atomic E-state index is 5.77. The molecule has 29 heavy (non-hydrogen) atoms. The Hall–Kier alpha value is -2.58. The van der Waals surface area contributed by atoms with E-state index >= 15 is 0 Å². The Morgan fingerprint density at radius 2 is 2.10 bits per heavy atom. The Morgan fingerprint density at radius 3 is 3.03 bits per heavy atom. The normalized spacial score (nSPS) is 18.3. The second kappa shape index (κ2) is 9.76. The Kier molecular flexibility index (Phi) is 6.63. The van der Waals surface area contributed by atoms with Gasteiger partial charge in [-0.05, 0) is 37.5 Å². The number of hydrogen-bond acceptors (Lipinski definition) is 7. The van der Waals surface area contributed by atoms with Crippen LogP contribution in [0.1, 0.15) is 25.0 Å². The molecule has 2 aliphatic heterocycles. The number of H-pyrrole nitrogens is 1. The highest BCUT2D eigenvalue weighted by Crippen LogP contribution is 2.26. The minimum absolute atomic E-state index is 0.518. The van der Waals surface area contributed by atoms with Crippen LogP contribution in [0.5, 0.6) is 5.75 Å². The molecule has 8 heteroatoms. The van der Waals surface area contributed by atoms with Gasteiger partial charge in [0.2, 0.25) is 0 Å². The van der Waals surface area contributed by atoms with Crippen molar-refractivity contribution in [3.05, 3.63) is 30.0 Å². The number of benzene rings is 1. The third kappa shape index (κ3) is 4.89. The molecule has 0 amide bonds. The zero-order valence-electron chi connectivity index (χ0n) is 16.9. The number of aliphatic imine (C=N–C) groups is 1. The van der Waals surface area contributed by atoms with Gasteiger partial charge in [0.05, 0.1) is 24.4 Å². The van der Waals surface area contributed by atoms with E-state index in [1.165, 1.54) is 6.42 Å². The molecule has 1 fully saturated rings. The van der Waals surface area contributed by atoms with Gasteiger partial charge in [-0.15, -0.1) is 0 Å². The molecule has 3 heterocycles. The number of fused-ring (bicyclic) bond motifs is 1. The monoisotopic (exact) mass is 399 g/mol. The molecule has 0 bridgehead atoms. The molecular weight excluding hydrogens is 370 g/mol. The minimum Gasteiger partial charge on any atom is -0.491 e. The summed E-state index contributed by atoms with van der Waals surface area (Å²) in [6, 6.07) is 5.95. The molecule has 1 aromatic carbocycles. The number of rotatable bonds is 5. The number of amidine groups is 1. The summed E-state index contributed by atoms with van der Waals surface area (Å²) in [6.07, 6.45) is 5.58. The first-order valence-electron chi connectivity index (χ1n) is 10.3. The van der Waals surface area contributed by atoms with Crippen molar-refractivity contribution >= 4 is 22.4 Å². The highest BCUT2D eigenvalue weighted by molar-refractivity contribution is 6.02. The molecule has 0 atom stereocenters. The minimum atomic E-state index is 0.518. The number of aromatic amines is 1. The van der Waals surface area contributed by atoms with Gasteiger partial charge in [0.1, 0.15) is 30.6 Å². The van der Waals surface area contributed by atoms with E-state index in [9.17, 15) is 0 Å². The van der Waals surface area contributed by atoms with E-state index in [1.807, 2.05) is 18.2 Å². The number of aromatic nitrogens is 2. The maximum absolute atomic E-state index is 5.77. The van der Waals surface area contributed by atoms with Crippen molar-refractivity contribution in [3.8, 4) is 5.75 Å². The molecule has 0 aliphatic carbocycles. The van der Waals surface area contributed by atoms with Gasteiger partial charge in [-0.3, -0.25) is 5.10 Å². The van der Waals surface area contributed by atoms with E-state index < -0.39 is 0 Å². The molecule has 2 N–H and O–H groups in total. The Balaban J connectivity index is 1.55. The smallest absolute Gasteiger partial charge is 0.127 e. The molecule has 0 spiro atoms. The Bertz CT molecular complexity index is 866. The van der Waals surface area contributed by atoms with Gasteiger partial charge in [-0.2, -0.15) is 5.10 Å². The topological polar surface area (TPSA) is 84.0 Å². The predicted molar refractivity (Wildman–Crippen MR) is 113 cm³/mol. The molecule has 1 saturated heterocycles. The fourth-order valence-corrected chi connectivity index (χ4v) is 3.61. The van der Waals surface area contributed by atoms with E-state index in [0.717, 1.165) is 73.0 Å². The molecule has 0 radical (unpaired) electrons. The van der Waals surface area contributed by atoms with Crippen molar-refractivity contribution in [2.75, 3.05) is 53.3 Å². The second-order valence-electron chi connectivity index (χ2n) is 7.19. The number of hydrogen-bond donors (Lipinski definition) is 2. The summed E-state index contributed by atoms with van der Waals surface area (Å²) in [5.74, 6) is 1.80. The first-order chi connectivity index (χ1) is 14.3. The lowest BCUT2D eigenvalue weighted by Crippen LogP contribution is -2.36. The van der Waals surface area contributed by atoms with Crippen molar-refractivity contribution in [1.82, 2.24) is 20.4 Å². The third-order valence-corrected chi connectivity index (χ3v) is 5.18. The molecule has 1 aromatic heterocycles. The van der Waals surface area contributed by atoms with Gasteiger partial charge in [0, 0.05) is 38.3 Å². The number of nitrogens with zero attached hydrogens (tertiary/aromatic N) is 3. The van der Waals surface area contributed by atoms with Crippen molar-refractivity contribution in [2.45, 2.75) is 19.3 Å². The molecular formula is C21H29N5O3. The largest absolute Gasteiger partial charge is 0.491 e. The van der Waals surface area contributed by atoms with Crippen LogP contribution in [0.15, 0.2) is 29.3 Å². The third-order valence-electron chi connectivity index (χ3n) is 5.18. The van der Waals surface area contributed by atoms with E-state index in [4.69, 9.17) is 14.2 Å². The number of methoxy groups -OCH3 is 1. The lowest BCUT2D eigenvalue weighted by Gasteiger charge is -2.26. The second-order valence-corrected chi connectivity index (χ2v) is 7.19. The van der Waals surface area contributed by atoms with Crippen LogP contribution >= 0.6 is 0 Å². The van der Waals surface area contributed by atoms with E-state index in [-0.39, 0.29) is 0 Å². The summed E-state index contributed by atoms with van der Waals surface area (Å²) < 4.78 is 16.5. The van der Waals surface area contributed by atoms with Crippen LogP contribution in [-0.2, 0) is 9.47 Å². The highest BCUT2D eigenvalue weighted by atomic mass is 16.5. The lowest BCUT2D eigenvalue weighted by atomic mass is 10.1. The van der Waals surface area contributed by atoms with Crippen LogP contribution in [0.25, 0.3) is 16.6 Å². The van der Waals surface area contributed by atoms with Crippen LogP contribution in [0.4, 0.5) is 0 Å². The van der Waals surface area contributed by atoms with E-state index in [0.29, 0.717) is 19.9 Å². The predicted octanol–water partition coefficient (Wildman–Crippen LogP) is 2.39. The van der Waals surface area contributed by atoms with Gasteiger partial charge in [-0.25, -0.2) is 4.99 Å². The molecule has 4 rings (SSSR count). The van der Waals surface area contributed by atoms with Gasteiger partial charge < -0.3 is 24.4 Å². The van der Waals surface area contributed by atoms with Crippen molar-refractivity contribution in [2.24, 2.45) is 4.99 Å². The molecule has 0 unspecified atom stereocenters. The quantitative estimate of drug-likeness (QED) is 0.751. The molecule has 156 valence electrons. The van der Waals surface area contributed by atoms with Crippen LogP contribution in [0.3, 0.4) is 0 Å². The lowest BCUT2D eigenvalue weighted by molar-refractivity contribution is 0.125. The van der Waals surface area contributed by atoms with Gasteiger partial charge >= 0.3 is 0 Å². The van der Waals surface area contributed by atoms with Crippen LogP contribution in [0, 0.1) is 0 Å². The molecule has 0 saturated carbocycles. The first-order valence-corrected chi connectivity index (χ1v) is 10.3. The zero-order valence-corrected chi connectivity index (χ0v) is 16.9. The summed E-state index contributed by atoms with van der Waals surface area (Å²) in [5.41, 5.74) is 2.82. The van der Waals surface area contributed by atoms with Gasteiger partial charge in [-0.1, -0.05) is 0 Å². The summed E-state index contributed by atoms with van der Waals surface area (Å²) in [7, 11) is 1.67.